The second-order valence-electron chi connectivity index (χ2n) is 5.25. The molecule has 3 heteroatoms. The van der Waals surface area contributed by atoms with Crippen LogP contribution in [0.4, 0.5) is 0 Å². The number of hydrogen-bond acceptors (Lipinski definition) is 2. The van der Waals surface area contributed by atoms with Crippen LogP contribution in [0.5, 0.6) is 0 Å². The van der Waals surface area contributed by atoms with Crippen LogP contribution in [-0.2, 0) is 21.4 Å². The van der Waals surface area contributed by atoms with E-state index in [1.165, 1.54) is 0 Å². The van der Waals surface area contributed by atoms with E-state index in [0.29, 0.717) is 18.6 Å². The van der Waals surface area contributed by atoms with Crippen LogP contribution in [0.2, 0.25) is 0 Å². The van der Waals surface area contributed by atoms with E-state index in [2.05, 4.69) is 15.9 Å². The standard InChI is InChI=1S/C18H15BrO2/c19-13-16-12-18(17(20)21-16,15-9-5-2-6-10-15)11-14-7-3-1-4-8-14/h1-10,13H,11-12H2/b16-13-/t18-/m1/s1. The van der Waals surface area contributed by atoms with Gasteiger partial charge >= 0.3 is 5.97 Å². The average molecular weight is 343 g/mol. The van der Waals surface area contributed by atoms with E-state index in [4.69, 9.17) is 4.74 Å². The maximum absolute atomic E-state index is 12.6. The molecule has 0 aromatic heterocycles. The Hall–Kier alpha value is -1.87. The molecule has 2 aromatic carbocycles. The fraction of sp³-hybridized carbons (Fsp3) is 0.167. The molecule has 0 amide bonds. The number of carbonyl (C=O) groups is 1. The van der Waals surface area contributed by atoms with Crippen LogP contribution in [0.25, 0.3) is 0 Å². The minimum Gasteiger partial charge on any atom is -0.430 e. The van der Waals surface area contributed by atoms with Crippen LogP contribution in [0.1, 0.15) is 17.5 Å². The molecule has 1 atom stereocenters. The number of carbonyl (C=O) groups excluding carboxylic acids is 1. The van der Waals surface area contributed by atoms with E-state index >= 15 is 0 Å². The van der Waals surface area contributed by atoms with Crippen LogP contribution in [0.3, 0.4) is 0 Å². The van der Waals surface area contributed by atoms with E-state index < -0.39 is 5.41 Å². The van der Waals surface area contributed by atoms with E-state index in [1.807, 2.05) is 60.7 Å². The number of rotatable bonds is 3. The molecule has 0 bridgehead atoms. The molecule has 1 fully saturated rings. The van der Waals surface area contributed by atoms with Crippen LogP contribution < -0.4 is 0 Å². The molecule has 3 rings (SSSR count). The van der Waals surface area contributed by atoms with Crippen molar-refractivity contribution < 1.29 is 9.53 Å². The Kier molecular flexibility index (Phi) is 3.93. The van der Waals surface area contributed by atoms with Gasteiger partial charge in [0.15, 0.2) is 0 Å². The van der Waals surface area contributed by atoms with Crippen molar-refractivity contribution in [2.75, 3.05) is 0 Å². The van der Waals surface area contributed by atoms with Crippen molar-refractivity contribution in [2.24, 2.45) is 0 Å². The lowest BCUT2D eigenvalue weighted by Gasteiger charge is -2.25. The third kappa shape index (κ3) is 2.66. The second kappa shape index (κ2) is 5.86. The molecule has 0 saturated carbocycles. The molecule has 1 aliphatic rings. The lowest BCUT2D eigenvalue weighted by atomic mass is 9.74. The monoisotopic (exact) mass is 342 g/mol. The maximum Gasteiger partial charge on any atom is 0.322 e. The summed E-state index contributed by atoms with van der Waals surface area (Å²) >= 11 is 3.27. The molecule has 1 aliphatic heterocycles. The minimum atomic E-state index is -0.637. The predicted molar refractivity (Wildman–Crippen MR) is 86.0 cm³/mol. The predicted octanol–water partition coefficient (Wildman–Crippen LogP) is 4.35. The number of hydrogen-bond donors (Lipinski definition) is 0. The van der Waals surface area contributed by atoms with Gasteiger partial charge in [-0.05, 0) is 17.5 Å². The second-order valence-corrected chi connectivity index (χ2v) is 5.71. The lowest BCUT2D eigenvalue weighted by molar-refractivity contribution is -0.140. The quantitative estimate of drug-likeness (QED) is 0.775. The number of halogens is 1. The van der Waals surface area contributed by atoms with E-state index in [9.17, 15) is 4.79 Å². The zero-order chi connectivity index (χ0) is 14.7. The van der Waals surface area contributed by atoms with Gasteiger partial charge in [0, 0.05) is 11.4 Å². The molecule has 1 heterocycles. The van der Waals surface area contributed by atoms with Crippen molar-refractivity contribution >= 4 is 21.9 Å². The SMILES string of the molecule is O=C1O/C(=C\Br)C[C@]1(Cc1ccccc1)c1ccccc1. The fourth-order valence-electron chi connectivity index (χ4n) is 2.84. The molecule has 1 saturated heterocycles. The summed E-state index contributed by atoms with van der Waals surface area (Å²) < 4.78 is 5.43. The molecule has 21 heavy (non-hydrogen) atoms. The first-order valence-electron chi connectivity index (χ1n) is 6.85. The Morgan fingerprint density at radius 3 is 2.24 bits per heavy atom. The molecule has 0 spiro atoms. The van der Waals surface area contributed by atoms with E-state index in [0.717, 1.165) is 11.1 Å². The highest BCUT2D eigenvalue weighted by Gasteiger charge is 2.48. The van der Waals surface area contributed by atoms with Gasteiger partial charge in [0.1, 0.15) is 11.2 Å². The smallest absolute Gasteiger partial charge is 0.322 e. The van der Waals surface area contributed by atoms with Crippen LogP contribution in [-0.4, -0.2) is 5.97 Å². The highest BCUT2D eigenvalue weighted by molar-refractivity contribution is 9.11. The third-order valence-corrected chi connectivity index (χ3v) is 4.40. The molecule has 2 nitrogen and oxygen atoms in total. The van der Waals surface area contributed by atoms with Gasteiger partial charge in [-0.15, -0.1) is 0 Å². The summed E-state index contributed by atoms with van der Waals surface area (Å²) in [6.45, 7) is 0. The van der Waals surface area contributed by atoms with Crippen molar-refractivity contribution in [1.82, 2.24) is 0 Å². The maximum atomic E-state index is 12.6. The van der Waals surface area contributed by atoms with Crippen LogP contribution in [0, 0.1) is 0 Å². The van der Waals surface area contributed by atoms with Gasteiger partial charge in [-0.1, -0.05) is 76.6 Å². The largest absolute Gasteiger partial charge is 0.430 e. The van der Waals surface area contributed by atoms with E-state index in [-0.39, 0.29) is 5.97 Å². The first kappa shape index (κ1) is 14.1. The number of allylic oxidation sites excluding steroid dienone is 1. The molecule has 2 aromatic rings. The van der Waals surface area contributed by atoms with Crippen molar-refractivity contribution in [3.8, 4) is 0 Å². The van der Waals surface area contributed by atoms with Crippen molar-refractivity contribution in [1.29, 1.82) is 0 Å². The summed E-state index contributed by atoms with van der Waals surface area (Å²) in [5.74, 6) is 0.503. The number of cyclic esters (lactones) is 1. The van der Waals surface area contributed by atoms with Gasteiger partial charge in [0.25, 0.3) is 0 Å². The van der Waals surface area contributed by atoms with Gasteiger partial charge in [-0.2, -0.15) is 0 Å². The van der Waals surface area contributed by atoms with Gasteiger partial charge in [-0.3, -0.25) is 4.79 Å². The Morgan fingerprint density at radius 2 is 1.67 bits per heavy atom. The summed E-state index contributed by atoms with van der Waals surface area (Å²) in [6, 6.07) is 20.0. The molecule has 0 unspecified atom stereocenters. The summed E-state index contributed by atoms with van der Waals surface area (Å²) in [6.07, 6.45) is 1.22. The molecule has 0 radical (unpaired) electrons. The fourth-order valence-corrected chi connectivity index (χ4v) is 3.10. The Morgan fingerprint density at radius 1 is 1.05 bits per heavy atom. The van der Waals surface area contributed by atoms with Crippen molar-refractivity contribution in [2.45, 2.75) is 18.3 Å². The first-order valence-corrected chi connectivity index (χ1v) is 7.77. The van der Waals surface area contributed by atoms with Gasteiger partial charge in [0.2, 0.25) is 0 Å². The zero-order valence-corrected chi connectivity index (χ0v) is 13.0. The van der Waals surface area contributed by atoms with Crippen molar-refractivity contribution in [3.05, 3.63) is 82.5 Å². The van der Waals surface area contributed by atoms with Gasteiger partial charge < -0.3 is 4.74 Å². The van der Waals surface area contributed by atoms with Gasteiger partial charge in [0.05, 0.1) is 0 Å². The van der Waals surface area contributed by atoms with Gasteiger partial charge in [-0.25, -0.2) is 0 Å². The molecule has 0 aliphatic carbocycles. The highest BCUT2D eigenvalue weighted by atomic mass is 79.9. The summed E-state index contributed by atoms with van der Waals surface area (Å²) in [7, 11) is 0. The van der Waals surface area contributed by atoms with Crippen molar-refractivity contribution in [3.63, 3.8) is 0 Å². The van der Waals surface area contributed by atoms with E-state index in [1.54, 1.807) is 4.99 Å². The summed E-state index contributed by atoms with van der Waals surface area (Å²) in [4.78, 5) is 14.3. The Balaban J connectivity index is 2.06. The first-order chi connectivity index (χ1) is 10.2. The highest BCUT2D eigenvalue weighted by Crippen LogP contribution is 2.42. The lowest BCUT2D eigenvalue weighted by Crippen LogP contribution is -2.34. The summed E-state index contributed by atoms with van der Waals surface area (Å²) in [5.41, 5.74) is 1.50. The normalized spacial score (nSPS) is 23.3. The number of ether oxygens (including phenoxy) is 1. The zero-order valence-electron chi connectivity index (χ0n) is 11.5. The third-order valence-electron chi connectivity index (χ3n) is 3.89. The average Bonchev–Trinajstić information content (AvgIpc) is 2.86. The Bertz CT molecular complexity index is 664. The van der Waals surface area contributed by atoms with Crippen LogP contribution >= 0.6 is 15.9 Å². The molecular formula is C18H15BrO2. The molecule has 0 N–H and O–H groups in total. The van der Waals surface area contributed by atoms with Crippen LogP contribution in [0.15, 0.2) is 71.4 Å². The number of esters is 1. The summed E-state index contributed by atoms with van der Waals surface area (Å²) in [5, 5.41) is 0. The Labute approximate surface area is 132 Å². The molecule has 106 valence electrons. The number of benzene rings is 2. The molecular weight excluding hydrogens is 328 g/mol. The minimum absolute atomic E-state index is 0.178. The topological polar surface area (TPSA) is 26.3 Å².